The summed E-state index contributed by atoms with van der Waals surface area (Å²) in [6.07, 6.45) is 1.91. The smallest absolute Gasteiger partial charge is 0.322 e. The first-order chi connectivity index (χ1) is 19.2. The molecule has 0 radical (unpaired) electrons. The molecule has 204 valence electrons. The van der Waals surface area contributed by atoms with Gasteiger partial charge in [-0.25, -0.2) is 0 Å². The minimum absolute atomic E-state index is 0.176. The molecule has 0 spiro atoms. The second-order valence-corrected chi connectivity index (χ2v) is 9.92. The van der Waals surface area contributed by atoms with Gasteiger partial charge in [-0.1, -0.05) is 59.2 Å². The molecule has 1 amide bonds. The van der Waals surface area contributed by atoms with E-state index in [0.29, 0.717) is 33.8 Å². The molecule has 4 rings (SSSR count). The van der Waals surface area contributed by atoms with Gasteiger partial charge >= 0.3 is 5.97 Å². The number of benzene rings is 3. The van der Waals surface area contributed by atoms with Gasteiger partial charge in [-0.2, -0.15) is 0 Å². The first-order valence-corrected chi connectivity index (χ1v) is 12.9. The predicted octanol–water partition coefficient (Wildman–Crippen LogP) is 5.53. The molecule has 4 N–H and O–H groups in total. The molecule has 0 fully saturated rings. The van der Waals surface area contributed by atoms with Gasteiger partial charge in [0.2, 0.25) is 0 Å². The summed E-state index contributed by atoms with van der Waals surface area (Å²) in [5.74, 6) is -1.74. The highest BCUT2D eigenvalue weighted by Gasteiger charge is 2.21. The average Bonchev–Trinajstić information content (AvgIpc) is 2.95. The zero-order valence-corrected chi connectivity index (χ0v) is 22.7. The number of carboxylic acids is 1. The second kappa shape index (κ2) is 12.4. The molecule has 0 aliphatic carbocycles. The van der Waals surface area contributed by atoms with Gasteiger partial charge in [0.05, 0.1) is 5.71 Å². The van der Waals surface area contributed by atoms with Gasteiger partial charge in [0.15, 0.2) is 0 Å². The third-order valence-corrected chi connectivity index (χ3v) is 6.98. The number of carboxylic acid groups (broad SMARTS) is 1. The number of hydrogen-bond donors (Lipinski definition) is 4. The van der Waals surface area contributed by atoms with Gasteiger partial charge in [0.25, 0.3) is 11.5 Å². The largest absolute Gasteiger partial charge is 0.480 e. The van der Waals surface area contributed by atoms with Crippen LogP contribution in [0.25, 0.3) is 11.1 Å². The molecule has 1 heterocycles. The van der Waals surface area contributed by atoms with Crippen LogP contribution in [0.4, 0.5) is 0 Å². The number of carbonyl (C=O) groups excluding carboxylic acids is 1. The van der Waals surface area contributed by atoms with Crippen molar-refractivity contribution >= 4 is 29.2 Å². The number of oxime groups is 1. The van der Waals surface area contributed by atoms with Crippen molar-refractivity contribution in [3.8, 4) is 11.1 Å². The van der Waals surface area contributed by atoms with Gasteiger partial charge in [-0.05, 0) is 72.0 Å². The zero-order valence-electron chi connectivity index (χ0n) is 21.9. The summed E-state index contributed by atoms with van der Waals surface area (Å²) in [4.78, 5) is 37.4. The molecule has 9 heteroatoms. The van der Waals surface area contributed by atoms with E-state index in [9.17, 15) is 19.6 Å². The Balaban J connectivity index is 1.64. The molecular weight excluding hydrogens is 530 g/mol. The number of H-pyrrole nitrogens is 1. The Bertz CT molecular complexity index is 1630. The molecule has 3 aromatic carbocycles. The SMILES string of the molecule is Cc1cc(Cl)ccc1C(C/C(=N\O)c1c[nH]c(=O)c(C)c1)c1ccc(-c2ccc(C(=O)NCC(=O)O)cc2)cc1. The van der Waals surface area contributed by atoms with Gasteiger partial charge < -0.3 is 20.6 Å². The maximum Gasteiger partial charge on any atom is 0.322 e. The molecule has 40 heavy (non-hydrogen) atoms. The van der Waals surface area contributed by atoms with Crippen LogP contribution in [0.3, 0.4) is 0 Å². The number of aryl methyl sites for hydroxylation is 2. The summed E-state index contributed by atoms with van der Waals surface area (Å²) < 4.78 is 0. The van der Waals surface area contributed by atoms with Gasteiger partial charge in [0, 0.05) is 40.2 Å². The van der Waals surface area contributed by atoms with E-state index in [-0.39, 0.29) is 11.5 Å². The fourth-order valence-electron chi connectivity index (χ4n) is 4.59. The minimum Gasteiger partial charge on any atom is -0.480 e. The van der Waals surface area contributed by atoms with Crippen molar-refractivity contribution in [3.63, 3.8) is 0 Å². The zero-order chi connectivity index (χ0) is 28.8. The van der Waals surface area contributed by atoms with Gasteiger partial charge in [0.1, 0.15) is 6.54 Å². The highest BCUT2D eigenvalue weighted by atomic mass is 35.5. The standard InChI is InChI=1S/C31H28ClN3O5/c1-18-14-25(32)11-12-26(18)27(15-28(35-40)24-13-19(2)30(38)33-16-24)22-7-3-20(4-8-22)21-5-9-23(10-6-21)31(39)34-17-29(36)37/h3-14,16,27,40H,15,17H2,1-2H3,(H,33,38)(H,34,39)(H,36,37)/b35-28+. The lowest BCUT2D eigenvalue weighted by molar-refractivity contribution is -0.135. The first kappa shape index (κ1) is 28.3. The molecule has 4 aromatic rings. The molecule has 1 aromatic heterocycles. The molecule has 1 atom stereocenters. The highest BCUT2D eigenvalue weighted by molar-refractivity contribution is 6.30. The number of nitrogens with zero attached hydrogens (tertiary/aromatic N) is 1. The average molecular weight is 558 g/mol. The normalized spacial score (nSPS) is 12.1. The molecular formula is C31H28ClN3O5. The number of halogens is 1. The van der Waals surface area contributed by atoms with Crippen LogP contribution in [0.1, 0.15) is 50.5 Å². The summed E-state index contributed by atoms with van der Waals surface area (Å²) >= 11 is 6.23. The van der Waals surface area contributed by atoms with Crippen LogP contribution in [-0.2, 0) is 4.79 Å². The number of pyridine rings is 1. The van der Waals surface area contributed by atoms with Crippen molar-refractivity contribution in [3.05, 3.63) is 128 Å². The van der Waals surface area contributed by atoms with E-state index in [4.69, 9.17) is 16.7 Å². The van der Waals surface area contributed by atoms with Crippen molar-refractivity contribution < 1.29 is 19.9 Å². The van der Waals surface area contributed by atoms with E-state index >= 15 is 0 Å². The van der Waals surface area contributed by atoms with E-state index in [2.05, 4.69) is 15.5 Å². The summed E-state index contributed by atoms with van der Waals surface area (Å²) in [6, 6.07) is 22.3. The lowest BCUT2D eigenvalue weighted by Gasteiger charge is -2.21. The van der Waals surface area contributed by atoms with Crippen molar-refractivity contribution in [1.29, 1.82) is 0 Å². The Labute approximate surface area is 236 Å². The van der Waals surface area contributed by atoms with Crippen LogP contribution in [-0.4, -0.2) is 39.4 Å². The fourth-order valence-corrected chi connectivity index (χ4v) is 4.82. The summed E-state index contributed by atoms with van der Waals surface area (Å²) in [7, 11) is 0. The molecule has 0 bridgehead atoms. The van der Waals surface area contributed by atoms with Crippen LogP contribution in [0.2, 0.25) is 5.02 Å². The minimum atomic E-state index is -1.11. The topological polar surface area (TPSA) is 132 Å². The number of aromatic amines is 1. The fraction of sp³-hybridized carbons (Fsp3) is 0.161. The number of amides is 1. The number of carbonyl (C=O) groups is 2. The van der Waals surface area contributed by atoms with E-state index < -0.39 is 18.4 Å². The van der Waals surface area contributed by atoms with Crippen LogP contribution >= 0.6 is 11.6 Å². The predicted molar refractivity (Wildman–Crippen MR) is 155 cm³/mol. The van der Waals surface area contributed by atoms with Crippen molar-refractivity contribution in [2.75, 3.05) is 6.54 Å². The van der Waals surface area contributed by atoms with Crippen molar-refractivity contribution in [2.24, 2.45) is 5.16 Å². The highest BCUT2D eigenvalue weighted by Crippen LogP contribution is 2.34. The van der Waals surface area contributed by atoms with Gasteiger partial charge in [-0.15, -0.1) is 0 Å². The van der Waals surface area contributed by atoms with Crippen LogP contribution in [0.15, 0.2) is 88.9 Å². The molecule has 0 aliphatic heterocycles. The molecule has 0 aliphatic rings. The number of aliphatic carboxylic acids is 1. The molecule has 0 saturated carbocycles. The maximum atomic E-state index is 12.1. The Morgan fingerprint density at radius 3 is 2.15 bits per heavy atom. The lowest BCUT2D eigenvalue weighted by Crippen LogP contribution is -2.29. The molecule has 0 saturated heterocycles. The Morgan fingerprint density at radius 1 is 0.925 bits per heavy atom. The summed E-state index contributed by atoms with van der Waals surface area (Å²) in [5.41, 5.74) is 6.57. The lowest BCUT2D eigenvalue weighted by atomic mass is 9.83. The quantitative estimate of drug-likeness (QED) is 0.122. The van der Waals surface area contributed by atoms with Crippen molar-refractivity contribution in [1.82, 2.24) is 10.3 Å². The maximum absolute atomic E-state index is 12.1. The second-order valence-electron chi connectivity index (χ2n) is 9.48. The monoisotopic (exact) mass is 557 g/mol. The van der Waals surface area contributed by atoms with Crippen molar-refractivity contribution in [2.45, 2.75) is 26.2 Å². The Morgan fingerprint density at radius 2 is 1.57 bits per heavy atom. The Kier molecular flexibility index (Phi) is 8.81. The van der Waals surface area contributed by atoms with Crippen LogP contribution < -0.4 is 10.9 Å². The number of hydrogen-bond acceptors (Lipinski definition) is 5. The Hall–Kier alpha value is -4.69. The van der Waals surface area contributed by atoms with E-state index in [1.807, 2.05) is 49.4 Å². The van der Waals surface area contributed by atoms with E-state index in [1.165, 1.54) is 0 Å². The van der Waals surface area contributed by atoms with Crippen LogP contribution in [0, 0.1) is 13.8 Å². The third kappa shape index (κ3) is 6.65. The summed E-state index contributed by atoms with van der Waals surface area (Å²) in [6.45, 7) is 3.24. The van der Waals surface area contributed by atoms with E-state index in [0.717, 1.165) is 27.8 Å². The molecule has 1 unspecified atom stereocenters. The van der Waals surface area contributed by atoms with Gasteiger partial charge in [-0.3, -0.25) is 14.4 Å². The number of rotatable bonds is 9. The van der Waals surface area contributed by atoms with E-state index in [1.54, 1.807) is 43.5 Å². The number of nitrogens with one attached hydrogen (secondary N) is 2. The van der Waals surface area contributed by atoms with Crippen LogP contribution in [0.5, 0.6) is 0 Å². The first-order valence-electron chi connectivity index (χ1n) is 12.5. The number of aromatic nitrogens is 1. The summed E-state index contributed by atoms with van der Waals surface area (Å²) in [5, 5.41) is 25.2. The molecule has 8 nitrogen and oxygen atoms in total. The third-order valence-electron chi connectivity index (χ3n) is 6.74.